The fourth-order valence-corrected chi connectivity index (χ4v) is 4.47. The number of carbonyl (C=O) groups is 1. The van der Waals surface area contributed by atoms with E-state index >= 15 is 0 Å². The van der Waals surface area contributed by atoms with Gasteiger partial charge in [-0.3, -0.25) is 4.79 Å². The van der Waals surface area contributed by atoms with E-state index in [1.807, 2.05) is 25.1 Å². The van der Waals surface area contributed by atoms with Gasteiger partial charge in [0, 0.05) is 16.8 Å². The number of benzene rings is 1. The third-order valence-corrected chi connectivity index (χ3v) is 5.79. The zero-order valence-corrected chi connectivity index (χ0v) is 16.0. The van der Waals surface area contributed by atoms with Gasteiger partial charge >= 0.3 is 0 Å². The van der Waals surface area contributed by atoms with Crippen LogP contribution in [-0.2, 0) is 4.79 Å². The van der Waals surface area contributed by atoms with Gasteiger partial charge in [0.05, 0.1) is 5.75 Å². The van der Waals surface area contributed by atoms with E-state index in [1.165, 1.54) is 22.2 Å². The smallest absolute Gasteiger partial charge is 0.230 e. The van der Waals surface area contributed by atoms with Crippen LogP contribution in [-0.4, -0.2) is 28.2 Å². The standard InChI is InChI=1S/C19H21N3OS2/c1-3-4-10-20-17(23)12-24-18-15-11-16(14-8-6-5-7-9-14)25-19(15)22-13(2)21-18/h5-9,11H,3-4,10,12H2,1-2H3,(H,20,23). The molecule has 0 saturated carbocycles. The SMILES string of the molecule is CCCCNC(=O)CSc1nc(C)nc2sc(-c3ccccc3)cc12. The summed E-state index contributed by atoms with van der Waals surface area (Å²) in [6.45, 7) is 4.75. The Hall–Kier alpha value is -1.92. The number of aryl methyl sites for hydroxylation is 1. The molecule has 0 aliphatic heterocycles. The van der Waals surface area contributed by atoms with Gasteiger partial charge in [-0.1, -0.05) is 55.4 Å². The Labute approximate surface area is 156 Å². The third-order valence-electron chi connectivity index (χ3n) is 3.72. The summed E-state index contributed by atoms with van der Waals surface area (Å²) in [5, 5.41) is 4.86. The molecule has 0 saturated heterocycles. The normalized spacial score (nSPS) is 11.0. The first-order chi connectivity index (χ1) is 12.2. The van der Waals surface area contributed by atoms with Crippen LogP contribution in [0.3, 0.4) is 0 Å². The minimum absolute atomic E-state index is 0.0568. The molecule has 2 aromatic heterocycles. The summed E-state index contributed by atoms with van der Waals surface area (Å²) in [6, 6.07) is 12.4. The average molecular weight is 372 g/mol. The molecule has 0 fully saturated rings. The van der Waals surface area contributed by atoms with E-state index in [1.54, 1.807) is 11.3 Å². The summed E-state index contributed by atoms with van der Waals surface area (Å²) < 4.78 is 0. The number of fused-ring (bicyclic) bond motifs is 1. The second kappa shape index (κ2) is 8.45. The minimum atomic E-state index is 0.0568. The number of thioether (sulfide) groups is 1. The number of carbonyl (C=O) groups excluding carboxylic acids is 1. The van der Waals surface area contributed by atoms with Crippen molar-refractivity contribution in [3.05, 3.63) is 42.2 Å². The van der Waals surface area contributed by atoms with Gasteiger partial charge < -0.3 is 5.32 Å². The Balaban J connectivity index is 1.80. The lowest BCUT2D eigenvalue weighted by molar-refractivity contribution is -0.118. The van der Waals surface area contributed by atoms with Crippen LogP contribution in [0.1, 0.15) is 25.6 Å². The molecule has 0 atom stereocenters. The highest BCUT2D eigenvalue weighted by Gasteiger charge is 2.13. The van der Waals surface area contributed by atoms with E-state index in [0.717, 1.165) is 40.5 Å². The van der Waals surface area contributed by atoms with Gasteiger partial charge in [0.2, 0.25) is 5.91 Å². The van der Waals surface area contributed by atoms with Crippen molar-refractivity contribution in [2.45, 2.75) is 31.7 Å². The molecule has 0 bridgehead atoms. The molecule has 0 aliphatic carbocycles. The number of hydrogen-bond acceptors (Lipinski definition) is 5. The van der Waals surface area contributed by atoms with Crippen LogP contribution in [0.2, 0.25) is 0 Å². The molecule has 0 radical (unpaired) electrons. The Bertz CT molecular complexity index is 862. The molecule has 1 aromatic carbocycles. The third kappa shape index (κ3) is 4.58. The second-order valence-electron chi connectivity index (χ2n) is 5.76. The maximum absolute atomic E-state index is 12.0. The summed E-state index contributed by atoms with van der Waals surface area (Å²) in [5.41, 5.74) is 1.18. The fourth-order valence-electron chi connectivity index (χ4n) is 2.44. The zero-order chi connectivity index (χ0) is 17.6. The molecular formula is C19H21N3OS2. The number of hydrogen-bond donors (Lipinski definition) is 1. The van der Waals surface area contributed by atoms with Crippen LogP contribution < -0.4 is 5.32 Å². The fraction of sp³-hybridized carbons (Fsp3) is 0.316. The quantitative estimate of drug-likeness (QED) is 0.372. The van der Waals surface area contributed by atoms with Gasteiger partial charge in [-0.2, -0.15) is 0 Å². The number of amides is 1. The molecule has 25 heavy (non-hydrogen) atoms. The molecule has 6 heteroatoms. The van der Waals surface area contributed by atoms with Gasteiger partial charge in [0.1, 0.15) is 15.7 Å². The van der Waals surface area contributed by atoms with Gasteiger partial charge in [0.15, 0.2) is 0 Å². The van der Waals surface area contributed by atoms with E-state index in [9.17, 15) is 4.79 Å². The monoisotopic (exact) mass is 371 g/mol. The van der Waals surface area contributed by atoms with E-state index in [4.69, 9.17) is 0 Å². The molecule has 130 valence electrons. The first-order valence-electron chi connectivity index (χ1n) is 8.40. The van der Waals surface area contributed by atoms with E-state index in [0.29, 0.717) is 5.75 Å². The number of unbranched alkanes of at least 4 members (excludes halogenated alkanes) is 1. The predicted molar refractivity (Wildman–Crippen MR) is 106 cm³/mol. The number of thiophene rings is 1. The van der Waals surface area contributed by atoms with Crippen molar-refractivity contribution in [2.75, 3.05) is 12.3 Å². The van der Waals surface area contributed by atoms with Crippen LogP contribution in [0.4, 0.5) is 0 Å². The minimum Gasteiger partial charge on any atom is -0.355 e. The number of nitrogens with one attached hydrogen (secondary N) is 1. The first-order valence-corrected chi connectivity index (χ1v) is 10.2. The lowest BCUT2D eigenvalue weighted by Crippen LogP contribution is -2.26. The molecule has 3 aromatic rings. The van der Waals surface area contributed by atoms with Crippen LogP contribution in [0.15, 0.2) is 41.4 Å². The molecule has 0 spiro atoms. The molecule has 1 N–H and O–H groups in total. The van der Waals surface area contributed by atoms with Crippen LogP contribution >= 0.6 is 23.1 Å². The maximum atomic E-state index is 12.0. The summed E-state index contributed by atoms with van der Waals surface area (Å²) >= 11 is 3.15. The highest BCUT2D eigenvalue weighted by atomic mass is 32.2. The van der Waals surface area contributed by atoms with Crippen molar-refractivity contribution in [2.24, 2.45) is 0 Å². The van der Waals surface area contributed by atoms with Crippen molar-refractivity contribution in [3.63, 3.8) is 0 Å². The lowest BCUT2D eigenvalue weighted by atomic mass is 10.2. The summed E-state index contributed by atoms with van der Waals surface area (Å²) in [4.78, 5) is 23.2. The Morgan fingerprint density at radius 1 is 1.24 bits per heavy atom. The van der Waals surface area contributed by atoms with E-state index in [2.05, 4.69) is 40.4 Å². The Morgan fingerprint density at radius 3 is 2.80 bits per heavy atom. The van der Waals surface area contributed by atoms with Crippen LogP contribution in [0.25, 0.3) is 20.7 Å². The highest BCUT2D eigenvalue weighted by molar-refractivity contribution is 8.00. The van der Waals surface area contributed by atoms with Crippen molar-refractivity contribution < 1.29 is 4.79 Å². The molecule has 4 nitrogen and oxygen atoms in total. The Kier molecular flexibility index (Phi) is 6.04. The molecule has 1 amide bonds. The van der Waals surface area contributed by atoms with Gasteiger partial charge in [-0.15, -0.1) is 11.3 Å². The topological polar surface area (TPSA) is 54.9 Å². The van der Waals surface area contributed by atoms with Gasteiger partial charge in [-0.25, -0.2) is 9.97 Å². The second-order valence-corrected chi connectivity index (χ2v) is 7.76. The largest absolute Gasteiger partial charge is 0.355 e. The summed E-state index contributed by atoms with van der Waals surface area (Å²) in [6.07, 6.45) is 2.09. The summed E-state index contributed by atoms with van der Waals surface area (Å²) in [7, 11) is 0. The number of aromatic nitrogens is 2. The maximum Gasteiger partial charge on any atom is 0.230 e. The van der Waals surface area contributed by atoms with Crippen LogP contribution in [0, 0.1) is 6.92 Å². The number of rotatable bonds is 7. The Morgan fingerprint density at radius 2 is 2.04 bits per heavy atom. The van der Waals surface area contributed by atoms with Crippen LogP contribution in [0.5, 0.6) is 0 Å². The van der Waals surface area contributed by atoms with E-state index in [-0.39, 0.29) is 5.91 Å². The molecule has 3 rings (SSSR count). The predicted octanol–water partition coefficient (Wildman–Crippen LogP) is 4.68. The molecular weight excluding hydrogens is 350 g/mol. The first kappa shape index (κ1) is 17.9. The van der Waals surface area contributed by atoms with Crippen molar-refractivity contribution in [3.8, 4) is 10.4 Å². The highest BCUT2D eigenvalue weighted by Crippen LogP contribution is 2.36. The molecule has 0 unspecified atom stereocenters. The average Bonchev–Trinajstić information content (AvgIpc) is 3.04. The van der Waals surface area contributed by atoms with Gasteiger partial charge in [-0.05, 0) is 25.0 Å². The summed E-state index contributed by atoms with van der Waals surface area (Å²) in [5.74, 6) is 1.18. The zero-order valence-electron chi connectivity index (χ0n) is 14.4. The van der Waals surface area contributed by atoms with Crippen molar-refractivity contribution in [1.29, 1.82) is 0 Å². The molecule has 2 heterocycles. The van der Waals surface area contributed by atoms with E-state index < -0.39 is 0 Å². The number of nitrogens with zero attached hydrogens (tertiary/aromatic N) is 2. The van der Waals surface area contributed by atoms with Crippen molar-refractivity contribution >= 4 is 39.2 Å². The van der Waals surface area contributed by atoms with Gasteiger partial charge in [0.25, 0.3) is 0 Å². The molecule has 0 aliphatic rings. The van der Waals surface area contributed by atoms with Crippen molar-refractivity contribution in [1.82, 2.24) is 15.3 Å². The lowest BCUT2D eigenvalue weighted by Gasteiger charge is -2.05.